The van der Waals surface area contributed by atoms with Crippen molar-refractivity contribution in [2.24, 2.45) is 0 Å². The number of benzene rings is 1. The van der Waals surface area contributed by atoms with Crippen LogP contribution in [0.25, 0.3) is 0 Å². The maximum atomic E-state index is 12.2. The van der Waals surface area contributed by atoms with E-state index in [0.29, 0.717) is 16.6 Å². The molecular weight excluding hydrogens is 296 g/mol. The molecular formula is C13H15ClN4OS. The Morgan fingerprint density at radius 3 is 2.85 bits per heavy atom. The number of amides is 1. The number of aryl methyl sites for hydroxylation is 1. The summed E-state index contributed by atoms with van der Waals surface area (Å²) in [4.78, 5) is 12.2. The van der Waals surface area contributed by atoms with Crippen LogP contribution >= 0.6 is 22.9 Å². The van der Waals surface area contributed by atoms with E-state index < -0.39 is 0 Å². The molecule has 1 aromatic heterocycles. The molecule has 0 unspecified atom stereocenters. The van der Waals surface area contributed by atoms with Gasteiger partial charge in [0.25, 0.3) is 0 Å². The molecule has 2 N–H and O–H groups in total. The van der Waals surface area contributed by atoms with Gasteiger partial charge in [-0.1, -0.05) is 35.9 Å². The highest BCUT2D eigenvalue weighted by Crippen LogP contribution is 2.18. The summed E-state index contributed by atoms with van der Waals surface area (Å²) < 4.78 is 0. The maximum Gasteiger partial charge on any atom is 0.248 e. The standard InChI is InChI=1S/C13H15ClN4OS/c1-3-11(15-10-6-4-5-9(14)7-10)12(19)16-13-18-17-8(2)20-13/h4-7,11,15H,3H2,1-2H3,(H,16,18,19)/t11-/m0/s1. The van der Waals surface area contributed by atoms with Crippen molar-refractivity contribution in [1.29, 1.82) is 0 Å². The number of nitrogens with zero attached hydrogens (tertiary/aromatic N) is 2. The van der Waals surface area contributed by atoms with Crippen LogP contribution in [0.2, 0.25) is 5.02 Å². The van der Waals surface area contributed by atoms with Gasteiger partial charge in [-0.15, -0.1) is 10.2 Å². The third kappa shape index (κ3) is 3.91. The summed E-state index contributed by atoms with van der Waals surface area (Å²) in [7, 11) is 0. The summed E-state index contributed by atoms with van der Waals surface area (Å²) in [5.74, 6) is -0.136. The molecule has 0 fully saturated rings. The molecule has 7 heteroatoms. The highest BCUT2D eigenvalue weighted by molar-refractivity contribution is 7.15. The van der Waals surface area contributed by atoms with Crippen molar-refractivity contribution >= 4 is 39.7 Å². The van der Waals surface area contributed by atoms with Gasteiger partial charge in [-0.3, -0.25) is 10.1 Å². The summed E-state index contributed by atoms with van der Waals surface area (Å²) in [6, 6.07) is 6.93. The van der Waals surface area contributed by atoms with Crippen LogP contribution in [-0.2, 0) is 4.79 Å². The summed E-state index contributed by atoms with van der Waals surface area (Å²) in [5, 5.41) is 15.6. The van der Waals surface area contributed by atoms with Crippen molar-refractivity contribution in [1.82, 2.24) is 10.2 Å². The molecule has 0 radical (unpaired) electrons. The fraction of sp³-hybridized carbons (Fsp3) is 0.308. The Bertz CT molecular complexity index is 602. The lowest BCUT2D eigenvalue weighted by molar-refractivity contribution is -0.117. The van der Waals surface area contributed by atoms with Crippen LogP contribution in [0, 0.1) is 6.92 Å². The zero-order chi connectivity index (χ0) is 14.5. The normalized spacial score (nSPS) is 11.9. The molecule has 0 spiro atoms. The average molecular weight is 311 g/mol. The van der Waals surface area contributed by atoms with Crippen LogP contribution in [0.15, 0.2) is 24.3 Å². The number of hydrogen-bond acceptors (Lipinski definition) is 5. The fourth-order valence-electron chi connectivity index (χ4n) is 1.67. The third-order valence-corrected chi connectivity index (χ3v) is 3.64. The van der Waals surface area contributed by atoms with Crippen LogP contribution < -0.4 is 10.6 Å². The predicted octanol–water partition coefficient (Wildman–Crippen LogP) is 3.33. The van der Waals surface area contributed by atoms with Gasteiger partial charge < -0.3 is 5.32 Å². The average Bonchev–Trinajstić information content (AvgIpc) is 2.81. The number of nitrogens with one attached hydrogen (secondary N) is 2. The van der Waals surface area contributed by atoms with E-state index in [2.05, 4.69) is 20.8 Å². The van der Waals surface area contributed by atoms with Crippen molar-refractivity contribution in [3.63, 3.8) is 0 Å². The van der Waals surface area contributed by atoms with Crippen molar-refractivity contribution in [2.45, 2.75) is 26.3 Å². The summed E-state index contributed by atoms with van der Waals surface area (Å²) in [6.45, 7) is 3.78. The molecule has 0 aliphatic carbocycles. The summed E-state index contributed by atoms with van der Waals surface area (Å²) in [5.41, 5.74) is 0.813. The van der Waals surface area contributed by atoms with Crippen molar-refractivity contribution in [3.8, 4) is 0 Å². The van der Waals surface area contributed by atoms with Crippen molar-refractivity contribution < 1.29 is 4.79 Å². The smallest absolute Gasteiger partial charge is 0.248 e. The van der Waals surface area contributed by atoms with Gasteiger partial charge in [-0.25, -0.2) is 0 Å². The van der Waals surface area contributed by atoms with E-state index in [9.17, 15) is 4.79 Å². The molecule has 0 saturated carbocycles. The summed E-state index contributed by atoms with van der Waals surface area (Å²) in [6.07, 6.45) is 0.649. The van der Waals surface area contributed by atoms with E-state index in [-0.39, 0.29) is 11.9 Å². The van der Waals surface area contributed by atoms with Gasteiger partial charge >= 0.3 is 0 Å². The van der Waals surface area contributed by atoms with Gasteiger partial charge in [0.2, 0.25) is 11.0 Å². The monoisotopic (exact) mass is 310 g/mol. The second-order valence-corrected chi connectivity index (χ2v) is 5.85. The van der Waals surface area contributed by atoms with Crippen LogP contribution in [0.5, 0.6) is 0 Å². The van der Waals surface area contributed by atoms with E-state index in [1.54, 1.807) is 12.1 Å². The molecule has 0 aliphatic heterocycles. The van der Waals surface area contributed by atoms with Crippen LogP contribution in [-0.4, -0.2) is 22.1 Å². The van der Waals surface area contributed by atoms with Crippen molar-refractivity contribution in [2.75, 3.05) is 10.6 Å². The van der Waals surface area contributed by atoms with Crippen molar-refractivity contribution in [3.05, 3.63) is 34.3 Å². The Morgan fingerprint density at radius 1 is 1.45 bits per heavy atom. The molecule has 1 heterocycles. The van der Waals surface area contributed by atoms with Gasteiger partial charge in [0.1, 0.15) is 11.0 Å². The third-order valence-electron chi connectivity index (χ3n) is 2.65. The zero-order valence-electron chi connectivity index (χ0n) is 11.2. The molecule has 2 rings (SSSR count). The van der Waals surface area contributed by atoms with E-state index in [1.807, 2.05) is 26.0 Å². The molecule has 1 aromatic carbocycles. The lowest BCUT2D eigenvalue weighted by Crippen LogP contribution is -2.34. The number of carbonyl (C=O) groups excluding carboxylic acids is 1. The first-order valence-corrected chi connectivity index (χ1v) is 7.41. The Hall–Kier alpha value is -1.66. The van der Waals surface area contributed by atoms with Gasteiger partial charge in [0.15, 0.2) is 0 Å². The van der Waals surface area contributed by atoms with Crippen LogP contribution in [0.4, 0.5) is 10.8 Å². The molecule has 106 valence electrons. The molecule has 0 bridgehead atoms. The molecule has 1 atom stereocenters. The molecule has 0 aliphatic rings. The largest absolute Gasteiger partial charge is 0.374 e. The molecule has 1 amide bonds. The van der Waals surface area contributed by atoms with Crippen LogP contribution in [0.1, 0.15) is 18.4 Å². The minimum absolute atomic E-state index is 0.136. The maximum absolute atomic E-state index is 12.2. The van der Waals surface area contributed by atoms with E-state index in [1.165, 1.54) is 11.3 Å². The Labute approximate surface area is 126 Å². The summed E-state index contributed by atoms with van der Waals surface area (Å²) >= 11 is 7.28. The molecule has 20 heavy (non-hydrogen) atoms. The second-order valence-electron chi connectivity index (χ2n) is 4.23. The molecule has 5 nitrogen and oxygen atoms in total. The number of carbonyl (C=O) groups is 1. The molecule has 0 saturated heterocycles. The topological polar surface area (TPSA) is 66.9 Å². The van der Waals surface area contributed by atoms with Gasteiger partial charge in [-0.2, -0.15) is 0 Å². The minimum atomic E-state index is -0.349. The fourth-order valence-corrected chi connectivity index (χ4v) is 2.46. The first-order chi connectivity index (χ1) is 9.58. The van der Waals surface area contributed by atoms with E-state index in [4.69, 9.17) is 11.6 Å². The predicted molar refractivity (Wildman–Crippen MR) is 82.4 cm³/mol. The van der Waals surface area contributed by atoms with Crippen LogP contribution in [0.3, 0.4) is 0 Å². The Morgan fingerprint density at radius 2 is 2.25 bits per heavy atom. The Balaban J connectivity index is 2.02. The van der Waals surface area contributed by atoms with Gasteiger partial charge in [-0.05, 0) is 31.5 Å². The van der Waals surface area contributed by atoms with E-state index in [0.717, 1.165) is 10.7 Å². The quantitative estimate of drug-likeness (QED) is 0.889. The highest BCUT2D eigenvalue weighted by atomic mass is 35.5. The lowest BCUT2D eigenvalue weighted by atomic mass is 10.2. The van der Waals surface area contributed by atoms with Gasteiger partial charge in [0.05, 0.1) is 0 Å². The lowest BCUT2D eigenvalue weighted by Gasteiger charge is -2.17. The minimum Gasteiger partial charge on any atom is -0.374 e. The second kappa shape index (κ2) is 6.67. The number of rotatable bonds is 5. The number of anilines is 2. The number of hydrogen-bond donors (Lipinski definition) is 2. The van der Waals surface area contributed by atoms with Gasteiger partial charge in [0, 0.05) is 10.7 Å². The zero-order valence-corrected chi connectivity index (χ0v) is 12.8. The number of halogens is 1. The molecule has 2 aromatic rings. The first kappa shape index (κ1) is 14.7. The SMILES string of the molecule is CC[C@H](Nc1cccc(Cl)c1)C(=O)Nc1nnc(C)s1. The number of aromatic nitrogens is 2. The Kier molecular flexibility index (Phi) is 4.92. The highest BCUT2D eigenvalue weighted by Gasteiger charge is 2.17. The first-order valence-electron chi connectivity index (χ1n) is 6.21. The van der Waals surface area contributed by atoms with E-state index >= 15 is 0 Å².